The number of benzene rings is 1. The van der Waals surface area contributed by atoms with Crippen molar-refractivity contribution in [2.24, 2.45) is 0 Å². The highest BCUT2D eigenvalue weighted by Gasteiger charge is 2.40. The molecule has 124 valence electrons. The van der Waals surface area contributed by atoms with Gasteiger partial charge in [0.2, 0.25) is 11.8 Å². The van der Waals surface area contributed by atoms with Crippen molar-refractivity contribution in [1.82, 2.24) is 0 Å². The molecular formula is C15H18FN2O4S+. The highest BCUT2D eigenvalue weighted by molar-refractivity contribution is 8.00. The number of rotatable bonds is 6. The Hall–Kier alpha value is -1.93. The van der Waals surface area contributed by atoms with Gasteiger partial charge in [-0.3, -0.25) is 9.59 Å². The minimum absolute atomic E-state index is 0.0520. The van der Waals surface area contributed by atoms with Crippen LogP contribution in [0.5, 0.6) is 0 Å². The molecule has 23 heavy (non-hydrogen) atoms. The second-order valence-electron chi connectivity index (χ2n) is 5.02. The smallest absolute Gasteiger partial charge is 0.365 e. The summed E-state index contributed by atoms with van der Waals surface area (Å²) in [5.74, 6) is -1.27. The number of thioether (sulfide) groups is 1. The first kappa shape index (κ1) is 17.4. The average molecular weight is 341 g/mol. The van der Waals surface area contributed by atoms with E-state index >= 15 is 0 Å². The zero-order chi connectivity index (χ0) is 17.0. The molecule has 8 heteroatoms. The van der Waals surface area contributed by atoms with Crippen molar-refractivity contribution in [1.29, 1.82) is 0 Å². The van der Waals surface area contributed by atoms with E-state index < -0.39 is 23.1 Å². The molecular weight excluding hydrogens is 323 g/mol. The van der Waals surface area contributed by atoms with Crippen molar-refractivity contribution in [2.45, 2.75) is 24.6 Å². The summed E-state index contributed by atoms with van der Waals surface area (Å²) >= 11 is 1.21. The van der Waals surface area contributed by atoms with Gasteiger partial charge in [0.1, 0.15) is 5.82 Å². The van der Waals surface area contributed by atoms with Crippen LogP contribution in [0.25, 0.3) is 0 Å². The van der Waals surface area contributed by atoms with Gasteiger partial charge in [-0.1, -0.05) is 0 Å². The van der Waals surface area contributed by atoms with Crippen molar-refractivity contribution in [3.05, 3.63) is 30.1 Å². The Morgan fingerprint density at radius 1 is 1.43 bits per heavy atom. The molecule has 1 aromatic carbocycles. The Balaban J connectivity index is 1.98. The van der Waals surface area contributed by atoms with E-state index in [9.17, 15) is 18.8 Å². The topological polar surface area (TPSA) is 91.3 Å². The summed E-state index contributed by atoms with van der Waals surface area (Å²) in [6.45, 7) is 1.98. The van der Waals surface area contributed by atoms with Crippen molar-refractivity contribution in [3.8, 4) is 0 Å². The van der Waals surface area contributed by atoms with Crippen LogP contribution in [0.4, 0.5) is 10.1 Å². The fourth-order valence-corrected chi connectivity index (χ4v) is 3.27. The second kappa shape index (κ2) is 7.56. The Bertz CT molecular complexity index is 608. The number of quaternary nitrogens is 1. The summed E-state index contributed by atoms with van der Waals surface area (Å²) < 4.78 is 17.8. The summed E-state index contributed by atoms with van der Waals surface area (Å²) in [4.78, 5) is 37.0. The number of ether oxygens (including phenoxy) is 1. The molecule has 3 N–H and O–H groups in total. The zero-order valence-electron chi connectivity index (χ0n) is 12.7. The van der Waals surface area contributed by atoms with Crippen molar-refractivity contribution >= 4 is 35.2 Å². The first-order chi connectivity index (χ1) is 10.9. The van der Waals surface area contributed by atoms with Gasteiger partial charge < -0.3 is 10.5 Å². The molecule has 1 saturated heterocycles. The summed E-state index contributed by atoms with van der Waals surface area (Å²) in [5, 5.41) is -0.564. The largest absolute Gasteiger partial charge is 0.462 e. The van der Waals surface area contributed by atoms with Gasteiger partial charge in [-0.15, -0.1) is 11.8 Å². The van der Waals surface area contributed by atoms with Crippen LogP contribution in [-0.2, 0) is 19.1 Å². The van der Waals surface area contributed by atoms with E-state index in [2.05, 4.69) is 5.73 Å². The first-order valence-corrected chi connectivity index (χ1v) is 8.22. The van der Waals surface area contributed by atoms with Gasteiger partial charge in [0, 0.05) is 6.42 Å². The molecule has 0 aliphatic carbocycles. The number of carbonyl (C=O) groups is 3. The van der Waals surface area contributed by atoms with Crippen LogP contribution in [0, 0.1) is 5.82 Å². The van der Waals surface area contributed by atoms with Gasteiger partial charge in [0.25, 0.3) is 0 Å². The minimum atomic E-state index is -0.595. The van der Waals surface area contributed by atoms with Crippen LogP contribution >= 0.6 is 11.8 Å². The van der Waals surface area contributed by atoms with Gasteiger partial charge in [-0.25, -0.2) is 14.1 Å². The predicted molar refractivity (Wildman–Crippen MR) is 83.1 cm³/mol. The lowest BCUT2D eigenvalue weighted by Gasteiger charge is -2.15. The molecule has 1 fully saturated rings. The Morgan fingerprint density at radius 2 is 2.09 bits per heavy atom. The highest BCUT2D eigenvalue weighted by Crippen LogP contribution is 2.29. The molecule has 1 heterocycles. The van der Waals surface area contributed by atoms with Crippen molar-refractivity contribution in [3.63, 3.8) is 0 Å². The van der Waals surface area contributed by atoms with Crippen LogP contribution in [-0.4, -0.2) is 41.4 Å². The SMILES string of the molecule is CCOC(=O)[C@@H]([NH3+])CS[C@H]1CC(=O)N(c2ccc(F)cc2)C1=O. The molecule has 0 spiro atoms. The van der Waals surface area contributed by atoms with Crippen LogP contribution < -0.4 is 10.6 Å². The molecule has 1 aliphatic rings. The molecule has 0 unspecified atom stereocenters. The van der Waals surface area contributed by atoms with E-state index in [0.29, 0.717) is 11.4 Å². The van der Waals surface area contributed by atoms with Crippen LogP contribution in [0.2, 0.25) is 0 Å². The maximum atomic E-state index is 12.9. The molecule has 0 radical (unpaired) electrons. The van der Waals surface area contributed by atoms with Gasteiger partial charge in [0.05, 0.1) is 23.3 Å². The first-order valence-electron chi connectivity index (χ1n) is 7.17. The summed E-state index contributed by atoms with van der Waals surface area (Å²) in [5.41, 5.74) is 4.05. The number of anilines is 1. The molecule has 6 nitrogen and oxygen atoms in total. The van der Waals surface area contributed by atoms with Crippen LogP contribution in [0.1, 0.15) is 13.3 Å². The quantitative estimate of drug-likeness (QED) is 0.596. The van der Waals surface area contributed by atoms with E-state index in [1.54, 1.807) is 6.92 Å². The Kier molecular flexibility index (Phi) is 5.73. The highest BCUT2D eigenvalue weighted by atomic mass is 32.2. The van der Waals surface area contributed by atoms with E-state index in [4.69, 9.17) is 4.74 Å². The van der Waals surface area contributed by atoms with Crippen molar-refractivity contribution < 1.29 is 29.2 Å². The number of hydrogen-bond donors (Lipinski definition) is 1. The van der Waals surface area contributed by atoms with E-state index in [1.807, 2.05) is 0 Å². The predicted octanol–water partition coefficient (Wildman–Crippen LogP) is 0.364. The minimum Gasteiger partial charge on any atom is -0.462 e. The Labute approximate surface area is 137 Å². The number of hydrogen-bond acceptors (Lipinski definition) is 5. The Morgan fingerprint density at radius 3 is 2.70 bits per heavy atom. The molecule has 1 aromatic rings. The lowest BCUT2D eigenvalue weighted by atomic mass is 10.3. The molecule has 1 aliphatic heterocycles. The maximum Gasteiger partial charge on any atom is 0.365 e. The van der Waals surface area contributed by atoms with E-state index in [-0.39, 0.29) is 24.8 Å². The third-order valence-corrected chi connectivity index (χ3v) is 4.67. The number of nitrogens with zero attached hydrogens (tertiary/aromatic N) is 1. The normalized spacial score (nSPS) is 19.1. The molecule has 2 atom stereocenters. The van der Waals surface area contributed by atoms with Gasteiger partial charge in [-0.05, 0) is 31.2 Å². The second-order valence-corrected chi connectivity index (χ2v) is 6.25. The summed E-state index contributed by atoms with van der Waals surface area (Å²) in [6, 6.07) is 4.58. The summed E-state index contributed by atoms with van der Waals surface area (Å²) in [6.07, 6.45) is 0.0520. The molecule has 0 saturated carbocycles. The number of halogens is 1. The van der Waals surface area contributed by atoms with Crippen LogP contribution in [0.15, 0.2) is 24.3 Å². The number of esters is 1. The van der Waals surface area contributed by atoms with E-state index in [0.717, 1.165) is 4.90 Å². The van der Waals surface area contributed by atoms with Gasteiger partial charge in [-0.2, -0.15) is 0 Å². The number of amides is 2. The van der Waals surface area contributed by atoms with Crippen molar-refractivity contribution in [2.75, 3.05) is 17.3 Å². The molecule has 0 aromatic heterocycles. The molecule has 0 bridgehead atoms. The van der Waals surface area contributed by atoms with Gasteiger partial charge in [0.15, 0.2) is 6.04 Å². The summed E-state index contributed by atoms with van der Waals surface area (Å²) in [7, 11) is 0. The van der Waals surface area contributed by atoms with E-state index in [1.165, 1.54) is 36.0 Å². The van der Waals surface area contributed by atoms with Crippen LogP contribution in [0.3, 0.4) is 0 Å². The fraction of sp³-hybridized carbons (Fsp3) is 0.400. The lowest BCUT2D eigenvalue weighted by molar-refractivity contribution is -0.401. The third-order valence-electron chi connectivity index (χ3n) is 3.31. The average Bonchev–Trinajstić information content (AvgIpc) is 2.80. The lowest BCUT2D eigenvalue weighted by Crippen LogP contribution is -2.66. The molecule has 2 rings (SSSR count). The third kappa shape index (κ3) is 4.08. The number of carbonyl (C=O) groups excluding carboxylic acids is 3. The zero-order valence-corrected chi connectivity index (χ0v) is 13.5. The standard InChI is InChI=1S/C15H17FN2O4S/c1-2-22-15(21)11(17)8-23-12-7-13(19)18(14(12)20)10-5-3-9(16)4-6-10/h3-6,11-12H,2,7-8,17H2,1H3/p+1/t11-,12-/m0/s1. The number of imide groups is 1. The maximum absolute atomic E-state index is 12.9. The molecule has 2 amide bonds. The fourth-order valence-electron chi connectivity index (χ4n) is 2.16. The van der Waals surface area contributed by atoms with Gasteiger partial charge >= 0.3 is 5.97 Å². The monoisotopic (exact) mass is 341 g/mol.